The van der Waals surface area contributed by atoms with Crippen molar-refractivity contribution in [1.29, 1.82) is 0 Å². The van der Waals surface area contributed by atoms with Crippen LogP contribution in [0.5, 0.6) is 0 Å². The van der Waals surface area contributed by atoms with Gasteiger partial charge in [-0.25, -0.2) is 9.37 Å². The van der Waals surface area contributed by atoms with Crippen molar-refractivity contribution in [2.75, 3.05) is 18.4 Å². The van der Waals surface area contributed by atoms with Crippen LogP contribution in [0.1, 0.15) is 28.2 Å². The summed E-state index contributed by atoms with van der Waals surface area (Å²) in [5, 5.41) is 6.08. The molecule has 3 aromatic rings. The minimum Gasteiger partial charge on any atom is -0.385 e. The van der Waals surface area contributed by atoms with Crippen molar-refractivity contribution in [3.63, 3.8) is 0 Å². The van der Waals surface area contributed by atoms with Gasteiger partial charge in [0.05, 0.1) is 5.56 Å². The highest BCUT2D eigenvalue weighted by Crippen LogP contribution is 2.19. The van der Waals surface area contributed by atoms with E-state index in [4.69, 9.17) is 0 Å². The lowest BCUT2D eigenvalue weighted by Gasteiger charge is -2.09. The summed E-state index contributed by atoms with van der Waals surface area (Å²) in [5.41, 5.74) is 3.21. The van der Waals surface area contributed by atoms with Crippen molar-refractivity contribution >= 4 is 11.6 Å². The maximum absolute atomic E-state index is 13.1. The van der Waals surface area contributed by atoms with E-state index in [2.05, 4.69) is 15.6 Å². The van der Waals surface area contributed by atoms with E-state index in [1.807, 2.05) is 48.7 Å². The Morgan fingerprint density at radius 1 is 1.11 bits per heavy atom. The molecule has 0 fully saturated rings. The van der Waals surface area contributed by atoms with Crippen LogP contribution in [0.4, 0.5) is 10.1 Å². The van der Waals surface area contributed by atoms with E-state index in [1.54, 1.807) is 12.3 Å². The van der Waals surface area contributed by atoms with Crippen LogP contribution < -0.4 is 10.6 Å². The molecule has 0 aliphatic carbocycles. The van der Waals surface area contributed by atoms with Crippen molar-refractivity contribution in [3.8, 4) is 5.82 Å². The lowest BCUT2D eigenvalue weighted by molar-refractivity contribution is 0.0953. The molecule has 0 unspecified atom stereocenters. The monoisotopic (exact) mass is 366 g/mol. The zero-order valence-corrected chi connectivity index (χ0v) is 15.5. The lowest BCUT2D eigenvalue weighted by Crippen LogP contribution is -2.26. The maximum Gasteiger partial charge on any atom is 0.253 e. The fourth-order valence-corrected chi connectivity index (χ4v) is 3.05. The van der Waals surface area contributed by atoms with Crippen molar-refractivity contribution in [1.82, 2.24) is 14.9 Å². The second-order valence-corrected chi connectivity index (χ2v) is 6.35. The molecular weight excluding hydrogens is 343 g/mol. The van der Waals surface area contributed by atoms with Crippen LogP contribution in [0.3, 0.4) is 0 Å². The van der Waals surface area contributed by atoms with Gasteiger partial charge in [0.1, 0.15) is 11.6 Å². The number of carbonyl (C=O) groups excluding carboxylic acids is 1. The molecule has 0 aliphatic heterocycles. The predicted molar refractivity (Wildman–Crippen MR) is 105 cm³/mol. The van der Waals surface area contributed by atoms with E-state index in [1.165, 1.54) is 12.1 Å². The van der Waals surface area contributed by atoms with E-state index >= 15 is 0 Å². The van der Waals surface area contributed by atoms with Crippen LogP contribution in [0.25, 0.3) is 5.82 Å². The minimum absolute atomic E-state index is 0.101. The van der Waals surface area contributed by atoms with Crippen LogP contribution in [0.2, 0.25) is 0 Å². The summed E-state index contributed by atoms with van der Waals surface area (Å²) in [6, 6.07) is 13.9. The van der Waals surface area contributed by atoms with Gasteiger partial charge in [0, 0.05) is 36.4 Å². The molecule has 0 saturated heterocycles. The molecule has 0 radical (unpaired) electrons. The van der Waals surface area contributed by atoms with Gasteiger partial charge in [-0.15, -0.1) is 0 Å². The fraction of sp³-hybridized carbons (Fsp3) is 0.238. The third-order valence-electron chi connectivity index (χ3n) is 4.35. The Kier molecular flexibility index (Phi) is 5.86. The number of benzene rings is 1. The highest BCUT2D eigenvalue weighted by molar-refractivity contribution is 5.95. The number of amides is 1. The second kappa shape index (κ2) is 8.49. The number of hydrogen-bond acceptors (Lipinski definition) is 3. The number of halogens is 1. The topological polar surface area (TPSA) is 59.0 Å². The number of nitrogens with zero attached hydrogens (tertiary/aromatic N) is 2. The molecule has 2 heterocycles. The van der Waals surface area contributed by atoms with Gasteiger partial charge in [-0.2, -0.15) is 0 Å². The first-order valence-corrected chi connectivity index (χ1v) is 8.94. The second-order valence-electron chi connectivity index (χ2n) is 6.35. The molecule has 1 aromatic carbocycles. The molecule has 5 nitrogen and oxygen atoms in total. The van der Waals surface area contributed by atoms with E-state index in [0.717, 1.165) is 29.3 Å². The van der Waals surface area contributed by atoms with Crippen molar-refractivity contribution < 1.29 is 9.18 Å². The summed E-state index contributed by atoms with van der Waals surface area (Å²) in [5.74, 6) is 0.429. The predicted octanol–water partition coefficient (Wildman–Crippen LogP) is 3.86. The number of aromatic nitrogens is 2. The molecule has 2 aromatic heterocycles. The van der Waals surface area contributed by atoms with E-state index in [-0.39, 0.29) is 11.7 Å². The fourth-order valence-electron chi connectivity index (χ4n) is 3.05. The van der Waals surface area contributed by atoms with Gasteiger partial charge >= 0.3 is 0 Å². The standard InChI is InChI=1S/C21H23FN4O/c1-15-13-19(16(2)26(15)20-9-3-4-10-24-20)21(27)25-12-6-11-23-18-8-5-7-17(22)14-18/h3-5,7-10,13-14,23H,6,11-12H2,1-2H3,(H,25,27). The Morgan fingerprint density at radius 3 is 2.70 bits per heavy atom. The average molecular weight is 366 g/mol. The Labute approximate surface area is 158 Å². The van der Waals surface area contributed by atoms with E-state index in [9.17, 15) is 9.18 Å². The summed E-state index contributed by atoms with van der Waals surface area (Å²) in [6.45, 7) is 5.06. The lowest BCUT2D eigenvalue weighted by atomic mass is 10.2. The SMILES string of the molecule is Cc1cc(C(=O)NCCCNc2cccc(F)c2)c(C)n1-c1ccccn1. The number of rotatable bonds is 7. The van der Waals surface area contributed by atoms with Gasteiger partial charge in [-0.3, -0.25) is 4.79 Å². The molecule has 0 aliphatic rings. The first-order chi connectivity index (χ1) is 13.1. The van der Waals surface area contributed by atoms with Crippen LogP contribution in [0.15, 0.2) is 54.7 Å². The Balaban J connectivity index is 1.54. The molecule has 0 bridgehead atoms. The Hall–Kier alpha value is -3.15. The number of pyridine rings is 1. The third kappa shape index (κ3) is 4.53. The highest BCUT2D eigenvalue weighted by Gasteiger charge is 2.16. The van der Waals surface area contributed by atoms with Gasteiger partial charge in [0.15, 0.2) is 0 Å². The zero-order chi connectivity index (χ0) is 19.2. The van der Waals surface area contributed by atoms with Gasteiger partial charge in [0.25, 0.3) is 5.91 Å². The van der Waals surface area contributed by atoms with Crippen LogP contribution >= 0.6 is 0 Å². The van der Waals surface area contributed by atoms with Crippen LogP contribution in [-0.4, -0.2) is 28.5 Å². The number of carbonyl (C=O) groups is 1. The van der Waals surface area contributed by atoms with Crippen molar-refractivity contribution in [2.45, 2.75) is 20.3 Å². The molecule has 6 heteroatoms. The van der Waals surface area contributed by atoms with E-state index in [0.29, 0.717) is 18.7 Å². The highest BCUT2D eigenvalue weighted by atomic mass is 19.1. The molecule has 0 saturated carbocycles. The molecule has 27 heavy (non-hydrogen) atoms. The average Bonchev–Trinajstić information content (AvgIpc) is 2.96. The van der Waals surface area contributed by atoms with Gasteiger partial charge < -0.3 is 15.2 Å². The molecule has 0 atom stereocenters. The molecule has 2 N–H and O–H groups in total. The zero-order valence-electron chi connectivity index (χ0n) is 15.5. The summed E-state index contributed by atoms with van der Waals surface area (Å²) in [4.78, 5) is 16.9. The molecule has 3 rings (SSSR count). The summed E-state index contributed by atoms with van der Waals surface area (Å²) >= 11 is 0. The normalized spacial score (nSPS) is 10.6. The minimum atomic E-state index is -0.267. The quantitative estimate of drug-likeness (QED) is 0.624. The molecular formula is C21H23FN4O. The third-order valence-corrected chi connectivity index (χ3v) is 4.35. The molecule has 1 amide bonds. The number of nitrogens with one attached hydrogen (secondary N) is 2. The van der Waals surface area contributed by atoms with Gasteiger partial charge in [0.2, 0.25) is 0 Å². The Bertz CT molecular complexity index is 921. The number of anilines is 1. The first kappa shape index (κ1) is 18.6. The smallest absolute Gasteiger partial charge is 0.253 e. The van der Waals surface area contributed by atoms with Crippen LogP contribution in [-0.2, 0) is 0 Å². The van der Waals surface area contributed by atoms with Crippen molar-refractivity contribution in [2.24, 2.45) is 0 Å². The molecule has 0 spiro atoms. The summed E-state index contributed by atoms with van der Waals surface area (Å²) < 4.78 is 15.1. The Morgan fingerprint density at radius 2 is 1.96 bits per heavy atom. The summed E-state index contributed by atoms with van der Waals surface area (Å²) in [7, 11) is 0. The molecule has 140 valence electrons. The van der Waals surface area contributed by atoms with E-state index < -0.39 is 0 Å². The van der Waals surface area contributed by atoms with Crippen molar-refractivity contribution in [3.05, 3.63) is 77.5 Å². The van der Waals surface area contributed by atoms with Crippen LogP contribution in [0, 0.1) is 19.7 Å². The van der Waals surface area contributed by atoms with Gasteiger partial charge in [-0.05, 0) is 56.7 Å². The number of aryl methyl sites for hydroxylation is 1. The summed E-state index contributed by atoms with van der Waals surface area (Å²) in [6.07, 6.45) is 2.47. The number of hydrogen-bond donors (Lipinski definition) is 2. The largest absolute Gasteiger partial charge is 0.385 e. The van der Waals surface area contributed by atoms with Gasteiger partial charge in [-0.1, -0.05) is 12.1 Å². The first-order valence-electron chi connectivity index (χ1n) is 8.94. The maximum atomic E-state index is 13.1.